The van der Waals surface area contributed by atoms with Gasteiger partial charge in [0.05, 0.1) is 4.90 Å². The first-order valence-electron chi connectivity index (χ1n) is 7.58. The fourth-order valence-electron chi connectivity index (χ4n) is 2.05. The number of hydrogen-bond donors (Lipinski definition) is 1. The molecule has 1 amide bonds. The van der Waals surface area contributed by atoms with Crippen LogP contribution in [0.1, 0.15) is 5.56 Å². The van der Waals surface area contributed by atoms with Gasteiger partial charge in [-0.25, -0.2) is 13.2 Å². The summed E-state index contributed by atoms with van der Waals surface area (Å²) >= 11 is 0. The number of nitrogens with zero attached hydrogens (tertiary/aromatic N) is 1. The highest BCUT2D eigenvalue weighted by Crippen LogP contribution is 2.17. The van der Waals surface area contributed by atoms with Crippen molar-refractivity contribution in [3.63, 3.8) is 0 Å². The number of carbonyl (C=O) groups excluding carboxylic acids is 1. The van der Waals surface area contributed by atoms with Gasteiger partial charge in [0, 0.05) is 19.3 Å². The van der Waals surface area contributed by atoms with Gasteiger partial charge in [0.1, 0.15) is 6.61 Å². The summed E-state index contributed by atoms with van der Waals surface area (Å²) in [6.45, 7) is 3.90. The minimum absolute atomic E-state index is 0.139. The van der Waals surface area contributed by atoms with Crippen LogP contribution >= 0.6 is 0 Å². The SMILES string of the molecule is C=CCN(C)S(=O)(=O)c1ccc(NC(=O)OCc2ccccc2)cc1. The van der Waals surface area contributed by atoms with E-state index in [1.165, 1.54) is 41.7 Å². The van der Waals surface area contributed by atoms with E-state index >= 15 is 0 Å². The fraction of sp³-hybridized carbons (Fsp3) is 0.167. The van der Waals surface area contributed by atoms with Crippen molar-refractivity contribution in [2.45, 2.75) is 11.5 Å². The molecule has 0 aliphatic carbocycles. The van der Waals surface area contributed by atoms with E-state index in [2.05, 4.69) is 11.9 Å². The van der Waals surface area contributed by atoms with E-state index in [1.54, 1.807) is 0 Å². The third-order valence-electron chi connectivity index (χ3n) is 3.41. The van der Waals surface area contributed by atoms with Crippen molar-refractivity contribution in [3.8, 4) is 0 Å². The smallest absolute Gasteiger partial charge is 0.411 e. The molecule has 0 aliphatic rings. The first-order valence-corrected chi connectivity index (χ1v) is 9.02. The number of hydrogen-bond acceptors (Lipinski definition) is 4. The van der Waals surface area contributed by atoms with Crippen LogP contribution in [-0.4, -0.2) is 32.4 Å². The van der Waals surface area contributed by atoms with E-state index in [4.69, 9.17) is 4.74 Å². The predicted molar refractivity (Wildman–Crippen MR) is 96.7 cm³/mol. The second-order valence-electron chi connectivity index (χ2n) is 5.29. The summed E-state index contributed by atoms with van der Waals surface area (Å²) in [5.74, 6) is 0. The summed E-state index contributed by atoms with van der Waals surface area (Å²) in [6, 6.07) is 15.2. The van der Waals surface area contributed by atoms with Crippen molar-refractivity contribution in [2.24, 2.45) is 0 Å². The fourth-order valence-corrected chi connectivity index (χ4v) is 3.19. The Morgan fingerprint density at radius 3 is 2.40 bits per heavy atom. The minimum atomic E-state index is -3.57. The summed E-state index contributed by atoms with van der Waals surface area (Å²) in [7, 11) is -2.10. The van der Waals surface area contributed by atoms with Crippen LogP contribution in [0.15, 0.2) is 72.1 Å². The van der Waals surface area contributed by atoms with Crippen LogP contribution in [0, 0.1) is 0 Å². The molecule has 1 N–H and O–H groups in total. The lowest BCUT2D eigenvalue weighted by molar-refractivity contribution is 0.155. The number of amides is 1. The quantitative estimate of drug-likeness (QED) is 0.769. The van der Waals surface area contributed by atoms with Gasteiger partial charge in [0.25, 0.3) is 0 Å². The Labute approximate surface area is 147 Å². The van der Waals surface area contributed by atoms with Crippen LogP contribution in [0.3, 0.4) is 0 Å². The van der Waals surface area contributed by atoms with Crippen molar-refractivity contribution >= 4 is 21.8 Å². The van der Waals surface area contributed by atoms with Gasteiger partial charge in [0.15, 0.2) is 0 Å². The lowest BCUT2D eigenvalue weighted by atomic mass is 10.2. The Hall–Kier alpha value is -2.64. The zero-order valence-electron chi connectivity index (χ0n) is 13.9. The van der Waals surface area contributed by atoms with E-state index in [0.29, 0.717) is 5.69 Å². The number of rotatable bonds is 7. The van der Waals surface area contributed by atoms with Gasteiger partial charge in [-0.05, 0) is 29.8 Å². The number of sulfonamides is 1. The van der Waals surface area contributed by atoms with E-state index in [-0.39, 0.29) is 18.0 Å². The molecular formula is C18H20N2O4S. The number of likely N-dealkylation sites (N-methyl/N-ethyl adjacent to an activating group) is 1. The zero-order valence-corrected chi connectivity index (χ0v) is 14.7. The Balaban J connectivity index is 1.95. The van der Waals surface area contributed by atoms with E-state index < -0.39 is 16.1 Å². The zero-order chi connectivity index (χ0) is 18.3. The molecule has 2 aromatic rings. The Bertz CT molecular complexity index is 818. The van der Waals surface area contributed by atoms with Crippen LogP contribution in [0.5, 0.6) is 0 Å². The summed E-state index contributed by atoms with van der Waals surface area (Å²) in [4.78, 5) is 11.9. The van der Waals surface area contributed by atoms with Crippen LogP contribution in [-0.2, 0) is 21.4 Å². The van der Waals surface area contributed by atoms with Crippen LogP contribution < -0.4 is 5.32 Å². The molecule has 7 heteroatoms. The monoisotopic (exact) mass is 360 g/mol. The highest BCUT2D eigenvalue weighted by atomic mass is 32.2. The first kappa shape index (κ1) is 18.7. The molecule has 0 aromatic heterocycles. The number of anilines is 1. The van der Waals surface area contributed by atoms with Crippen LogP contribution in [0.2, 0.25) is 0 Å². The maximum atomic E-state index is 12.3. The maximum Gasteiger partial charge on any atom is 0.411 e. The van der Waals surface area contributed by atoms with Crippen molar-refractivity contribution in [2.75, 3.05) is 18.9 Å². The molecule has 0 spiro atoms. The van der Waals surface area contributed by atoms with Gasteiger partial charge in [-0.2, -0.15) is 4.31 Å². The molecule has 2 rings (SSSR count). The third-order valence-corrected chi connectivity index (χ3v) is 5.25. The topological polar surface area (TPSA) is 75.7 Å². The summed E-state index contributed by atoms with van der Waals surface area (Å²) in [5.41, 5.74) is 1.33. The summed E-state index contributed by atoms with van der Waals surface area (Å²) < 4.78 is 30.9. The van der Waals surface area contributed by atoms with Crippen molar-refractivity contribution in [1.82, 2.24) is 4.31 Å². The second-order valence-corrected chi connectivity index (χ2v) is 7.33. The molecule has 25 heavy (non-hydrogen) atoms. The Morgan fingerprint density at radius 1 is 1.16 bits per heavy atom. The lowest BCUT2D eigenvalue weighted by Crippen LogP contribution is -2.26. The van der Waals surface area contributed by atoms with Gasteiger partial charge in [-0.3, -0.25) is 5.32 Å². The van der Waals surface area contributed by atoms with Gasteiger partial charge in [-0.1, -0.05) is 36.4 Å². The average Bonchev–Trinajstić information content (AvgIpc) is 2.61. The molecule has 0 fully saturated rings. The number of benzene rings is 2. The molecule has 0 radical (unpaired) electrons. The molecule has 6 nitrogen and oxygen atoms in total. The predicted octanol–water partition coefficient (Wildman–Crippen LogP) is 3.24. The van der Waals surface area contributed by atoms with Gasteiger partial charge >= 0.3 is 6.09 Å². The Kier molecular flexibility index (Phi) is 6.32. The number of carbonyl (C=O) groups is 1. The molecule has 0 heterocycles. The summed E-state index contributed by atoms with van der Waals surface area (Å²) in [5, 5.41) is 2.56. The molecular weight excluding hydrogens is 340 g/mol. The normalized spacial score (nSPS) is 11.1. The molecule has 0 aliphatic heterocycles. The van der Waals surface area contributed by atoms with Crippen molar-refractivity contribution in [1.29, 1.82) is 0 Å². The van der Waals surface area contributed by atoms with Crippen molar-refractivity contribution in [3.05, 3.63) is 72.8 Å². The lowest BCUT2D eigenvalue weighted by Gasteiger charge is -2.15. The molecule has 0 saturated carbocycles. The molecule has 0 unspecified atom stereocenters. The maximum absolute atomic E-state index is 12.3. The van der Waals surface area contributed by atoms with E-state index in [0.717, 1.165) is 5.56 Å². The first-order chi connectivity index (χ1) is 11.9. The average molecular weight is 360 g/mol. The van der Waals surface area contributed by atoms with Gasteiger partial charge in [-0.15, -0.1) is 6.58 Å². The van der Waals surface area contributed by atoms with Crippen LogP contribution in [0.4, 0.5) is 10.5 Å². The number of nitrogens with one attached hydrogen (secondary N) is 1. The van der Waals surface area contributed by atoms with E-state index in [9.17, 15) is 13.2 Å². The van der Waals surface area contributed by atoms with Crippen molar-refractivity contribution < 1.29 is 17.9 Å². The van der Waals surface area contributed by atoms with Gasteiger partial charge in [0.2, 0.25) is 10.0 Å². The van der Waals surface area contributed by atoms with Gasteiger partial charge < -0.3 is 4.74 Å². The third kappa shape index (κ3) is 5.17. The van der Waals surface area contributed by atoms with E-state index in [1.807, 2.05) is 30.3 Å². The molecule has 0 atom stereocenters. The highest BCUT2D eigenvalue weighted by molar-refractivity contribution is 7.89. The standard InChI is InChI=1S/C18H20N2O4S/c1-3-13-20(2)25(22,23)17-11-9-16(10-12-17)19-18(21)24-14-15-7-5-4-6-8-15/h3-12H,1,13-14H2,2H3,(H,19,21). The number of ether oxygens (including phenoxy) is 1. The second kappa shape index (κ2) is 8.46. The molecule has 0 saturated heterocycles. The molecule has 132 valence electrons. The van der Waals surface area contributed by atoms with Crippen LogP contribution in [0.25, 0.3) is 0 Å². The highest BCUT2D eigenvalue weighted by Gasteiger charge is 2.19. The molecule has 2 aromatic carbocycles. The Morgan fingerprint density at radius 2 is 1.80 bits per heavy atom. The largest absolute Gasteiger partial charge is 0.444 e. The molecule has 0 bridgehead atoms. The summed E-state index contributed by atoms with van der Waals surface area (Å²) in [6.07, 6.45) is 0.902. The minimum Gasteiger partial charge on any atom is -0.444 e.